The van der Waals surface area contributed by atoms with Gasteiger partial charge < -0.3 is 9.74 Å². The van der Waals surface area contributed by atoms with Gasteiger partial charge in [-0.1, -0.05) is 29.4 Å². The maximum absolute atomic E-state index is 12.5. The van der Waals surface area contributed by atoms with Crippen molar-refractivity contribution in [3.8, 4) is 0 Å². The van der Waals surface area contributed by atoms with Crippen LogP contribution in [-0.2, 0) is 4.84 Å². The first-order valence-electron chi connectivity index (χ1n) is 6.52. The van der Waals surface area contributed by atoms with E-state index in [0.29, 0.717) is 18.8 Å². The molecule has 5 nitrogen and oxygen atoms in total. The molecule has 20 heavy (non-hydrogen) atoms. The third kappa shape index (κ3) is 2.34. The van der Waals surface area contributed by atoms with Gasteiger partial charge in [0.15, 0.2) is 0 Å². The summed E-state index contributed by atoms with van der Waals surface area (Å²) in [6.07, 6.45) is 2.44. The number of hydrogen-bond acceptors (Lipinski definition) is 4. The lowest BCUT2D eigenvalue weighted by atomic mass is 10.1. The summed E-state index contributed by atoms with van der Waals surface area (Å²) in [5, 5.41) is 5.80. The number of fused-ring (bicyclic) bond motifs is 1. The average Bonchev–Trinajstić information content (AvgIpc) is 2.99. The van der Waals surface area contributed by atoms with E-state index >= 15 is 0 Å². The predicted molar refractivity (Wildman–Crippen MR) is 76.7 cm³/mol. The minimum atomic E-state index is -0.101. The van der Waals surface area contributed by atoms with Gasteiger partial charge in [-0.15, -0.1) is 0 Å². The van der Waals surface area contributed by atoms with Crippen LogP contribution in [0.1, 0.15) is 16.9 Å². The molecule has 1 amide bonds. The smallest absolute Gasteiger partial charge is 0.273 e. The highest BCUT2D eigenvalue weighted by Crippen LogP contribution is 2.17. The van der Waals surface area contributed by atoms with E-state index in [0.717, 1.165) is 22.9 Å². The lowest BCUT2D eigenvalue weighted by Gasteiger charge is -2.16. The van der Waals surface area contributed by atoms with E-state index in [1.54, 1.807) is 18.1 Å². The van der Waals surface area contributed by atoms with Crippen molar-refractivity contribution in [3.63, 3.8) is 0 Å². The van der Waals surface area contributed by atoms with Crippen molar-refractivity contribution in [1.82, 2.24) is 9.88 Å². The molecular formula is C15H15N3O2. The Morgan fingerprint density at radius 3 is 3.00 bits per heavy atom. The van der Waals surface area contributed by atoms with Crippen LogP contribution in [0.25, 0.3) is 10.8 Å². The summed E-state index contributed by atoms with van der Waals surface area (Å²) in [6.45, 7) is 1.08. The molecule has 2 heterocycles. The van der Waals surface area contributed by atoms with Gasteiger partial charge in [-0.2, -0.15) is 0 Å². The highest BCUT2D eigenvalue weighted by Gasteiger charge is 2.19. The Bertz CT molecular complexity index is 676. The third-order valence-electron chi connectivity index (χ3n) is 3.32. The van der Waals surface area contributed by atoms with Crippen LogP contribution < -0.4 is 0 Å². The maximum atomic E-state index is 12.5. The molecule has 0 aliphatic carbocycles. The summed E-state index contributed by atoms with van der Waals surface area (Å²) in [7, 11) is 1.76. The number of pyridine rings is 1. The molecule has 3 rings (SSSR count). The first kappa shape index (κ1) is 12.6. The van der Waals surface area contributed by atoms with Gasteiger partial charge in [-0.3, -0.25) is 9.78 Å². The molecule has 0 fully saturated rings. The van der Waals surface area contributed by atoms with Crippen LogP contribution in [0.15, 0.2) is 41.7 Å². The molecule has 1 aromatic carbocycles. The molecule has 1 aliphatic rings. The van der Waals surface area contributed by atoms with E-state index in [9.17, 15) is 4.79 Å². The molecular weight excluding hydrogens is 254 g/mol. The fourth-order valence-electron chi connectivity index (χ4n) is 2.27. The molecule has 5 heteroatoms. The fourth-order valence-corrected chi connectivity index (χ4v) is 2.27. The minimum absolute atomic E-state index is 0.101. The Hall–Kier alpha value is -2.43. The Morgan fingerprint density at radius 1 is 1.35 bits per heavy atom. The van der Waals surface area contributed by atoms with Crippen molar-refractivity contribution >= 4 is 22.4 Å². The second-order valence-electron chi connectivity index (χ2n) is 4.78. The topological polar surface area (TPSA) is 54.8 Å². The fraction of sp³-hybridized carbons (Fsp3) is 0.267. The van der Waals surface area contributed by atoms with E-state index in [-0.39, 0.29) is 5.91 Å². The molecule has 1 aliphatic heterocycles. The van der Waals surface area contributed by atoms with E-state index < -0.39 is 0 Å². The Balaban J connectivity index is 1.88. The van der Waals surface area contributed by atoms with Crippen LogP contribution in [-0.4, -0.2) is 41.7 Å². The summed E-state index contributed by atoms with van der Waals surface area (Å²) in [5.41, 5.74) is 1.37. The molecule has 102 valence electrons. The first-order chi connectivity index (χ1) is 9.75. The number of aromatic nitrogens is 1. The van der Waals surface area contributed by atoms with Gasteiger partial charge in [0, 0.05) is 25.1 Å². The number of rotatable bonds is 3. The van der Waals surface area contributed by atoms with Crippen LogP contribution in [0.5, 0.6) is 0 Å². The average molecular weight is 269 g/mol. The quantitative estimate of drug-likeness (QED) is 0.857. The zero-order valence-electron chi connectivity index (χ0n) is 11.2. The van der Waals surface area contributed by atoms with Gasteiger partial charge >= 0.3 is 0 Å². The second-order valence-corrected chi connectivity index (χ2v) is 4.78. The van der Waals surface area contributed by atoms with Gasteiger partial charge in [-0.05, 0) is 11.5 Å². The summed E-state index contributed by atoms with van der Waals surface area (Å²) >= 11 is 0. The highest BCUT2D eigenvalue weighted by atomic mass is 16.6. The normalized spacial score (nSPS) is 13.9. The maximum Gasteiger partial charge on any atom is 0.273 e. The number of benzene rings is 1. The Morgan fingerprint density at radius 2 is 2.20 bits per heavy atom. The molecule has 0 N–H and O–H groups in total. The van der Waals surface area contributed by atoms with Gasteiger partial charge in [0.1, 0.15) is 12.3 Å². The summed E-state index contributed by atoms with van der Waals surface area (Å²) < 4.78 is 0. The summed E-state index contributed by atoms with van der Waals surface area (Å²) in [6, 6.07) is 9.66. The molecule has 0 spiro atoms. The van der Waals surface area contributed by atoms with E-state index in [1.165, 1.54) is 0 Å². The number of amides is 1. The van der Waals surface area contributed by atoms with Crippen molar-refractivity contribution in [1.29, 1.82) is 0 Å². The standard InChI is InChI=1S/C15H15N3O2/c1-18(10-12-7-9-20-17-12)15(19)14-13-5-3-2-4-11(13)6-8-16-14/h2-6,8H,7,9-10H2,1H3. The summed E-state index contributed by atoms with van der Waals surface area (Å²) in [4.78, 5) is 23.3. The highest BCUT2D eigenvalue weighted by molar-refractivity contribution is 6.06. The molecule has 0 saturated carbocycles. The monoisotopic (exact) mass is 269 g/mol. The van der Waals surface area contributed by atoms with Crippen molar-refractivity contribution in [2.24, 2.45) is 5.16 Å². The van der Waals surface area contributed by atoms with Crippen molar-refractivity contribution < 1.29 is 9.63 Å². The van der Waals surface area contributed by atoms with Gasteiger partial charge in [0.2, 0.25) is 0 Å². The minimum Gasteiger partial charge on any atom is -0.395 e. The molecule has 0 unspecified atom stereocenters. The molecule has 0 atom stereocenters. The van der Waals surface area contributed by atoms with Crippen LogP contribution in [0.3, 0.4) is 0 Å². The summed E-state index contributed by atoms with van der Waals surface area (Å²) in [5.74, 6) is -0.101. The largest absolute Gasteiger partial charge is 0.395 e. The molecule has 2 aromatic rings. The predicted octanol–water partition coefficient (Wildman–Crippen LogP) is 2.08. The first-order valence-corrected chi connectivity index (χ1v) is 6.52. The van der Waals surface area contributed by atoms with E-state index in [2.05, 4.69) is 10.1 Å². The number of oxime groups is 1. The third-order valence-corrected chi connectivity index (χ3v) is 3.32. The molecule has 0 radical (unpaired) electrons. The van der Waals surface area contributed by atoms with Gasteiger partial charge in [-0.25, -0.2) is 0 Å². The number of carbonyl (C=O) groups is 1. The van der Waals surface area contributed by atoms with Crippen molar-refractivity contribution in [2.75, 3.05) is 20.2 Å². The Kier molecular flexibility index (Phi) is 3.33. The second kappa shape index (κ2) is 5.28. The zero-order chi connectivity index (χ0) is 13.9. The lowest BCUT2D eigenvalue weighted by Crippen LogP contribution is -2.32. The van der Waals surface area contributed by atoms with Crippen LogP contribution in [0, 0.1) is 0 Å². The SMILES string of the molecule is CN(CC1=NOCC1)C(=O)c1nccc2ccccc12. The van der Waals surface area contributed by atoms with Gasteiger partial charge in [0.05, 0.1) is 12.3 Å². The van der Waals surface area contributed by atoms with Crippen molar-refractivity contribution in [3.05, 3.63) is 42.2 Å². The van der Waals surface area contributed by atoms with E-state index in [1.807, 2.05) is 30.3 Å². The van der Waals surface area contributed by atoms with Crippen molar-refractivity contribution in [2.45, 2.75) is 6.42 Å². The number of carbonyl (C=O) groups excluding carboxylic acids is 1. The lowest BCUT2D eigenvalue weighted by molar-refractivity contribution is 0.0810. The van der Waals surface area contributed by atoms with Crippen LogP contribution in [0.2, 0.25) is 0 Å². The van der Waals surface area contributed by atoms with Crippen LogP contribution in [0.4, 0.5) is 0 Å². The Labute approximate surface area is 116 Å². The van der Waals surface area contributed by atoms with Gasteiger partial charge in [0.25, 0.3) is 5.91 Å². The zero-order valence-corrected chi connectivity index (χ0v) is 11.2. The van der Waals surface area contributed by atoms with E-state index in [4.69, 9.17) is 4.84 Å². The number of hydrogen-bond donors (Lipinski definition) is 0. The van der Waals surface area contributed by atoms with Crippen LogP contribution >= 0.6 is 0 Å². The molecule has 0 saturated heterocycles. The molecule has 1 aromatic heterocycles. The molecule has 0 bridgehead atoms. The number of nitrogens with zero attached hydrogens (tertiary/aromatic N) is 3.